The van der Waals surface area contributed by atoms with Gasteiger partial charge in [-0.3, -0.25) is 0 Å². The molecule has 0 N–H and O–H groups in total. The van der Waals surface area contributed by atoms with Crippen LogP contribution in [0.25, 0.3) is 11.3 Å². The predicted molar refractivity (Wildman–Crippen MR) is 78.5 cm³/mol. The summed E-state index contributed by atoms with van der Waals surface area (Å²) in [5.74, 6) is 0. The average Bonchev–Trinajstić information content (AvgIpc) is 2.81. The summed E-state index contributed by atoms with van der Waals surface area (Å²) in [5.41, 5.74) is 4.34. The highest BCUT2D eigenvalue weighted by Crippen LogP contribution is 2.21. The van der Waals surface area contributed by atoms with E-state index in [1.165, 1.54) is 18.4 Å². The molecule has 0 spiro atoms. The van der Waals surface area contributed by atoms with E-state index in [-0.39, 0.29) is 6.10 Å². The van der Waals surface area contributed by atoms with Crippen molar-refractivity contribution >= 4 is 0 Å². The second-order valence-corrected chi connectivity index (χ2v) is 5.54. The van der Waals surface area contributed by atoms with Crippen molar-refractivity contribution in [3.63, 3.8) is 0 Å². The van der Waals surface area contributed by atoms with E-state index in [0.717, 1.165) is 36.5 Å². The first-order valence-corrected chi connectivity index (χ1v) is 7.33. The maximum Gasteiger partial charge on any atom is 0.115 e. The Hall–Kier alpha value is -1.68. The van der Waals surface area contributed by atoms with E-state index in [9.17, 15) is 0 Å². The molecule has 0 bridgehead atoms. The fourth-order valence-corrected chi connectivity index (χ4v) is 2.62. The number of nitrogens with zero attached hydrogens (tertiary/aromatic N) is 3. The van der Waals surface area contributed by atoms with Crippen molar-refractivity contribution in [2.75, 3.05) is 6.61 Å². The second kappa shape index (κ2) is 5.75. The van der Waals surface area contributed by atoms with E-state index in [0.29, 0.717) is 0 Å². The van der Waals surface area contributed by atoms with Gasteiger partial charge in [-0.1, -0.05) is 29.8 Å². The molecule has 1 atom stereocenters. The molecule has 1 unspecified atom stereocenters. The van der Waals surface area contributed by atoms with E-state index in [2.05, 4.69) is 41.4 Å². The van der Waals surface area contributed by atoms with Gasteiger partial charge in [0, 0.05) is 12.2 Å². The van der Waals surface area contributed by atoms with Crippen LogP contribution < -0.4 is 0 Å². The van der Waals surface area contributed by atoms with Crippen LogP contribution in [-0.2, 0) is 11.3 Å². The Kier molecular flexibility index (Phi) is 3.83. The maximum atomic E-state index is 5.75. The number of benzene rings is 1. The Labute approximate surface area is 119 Å². The summed E-state index contributed by atoms with van der Waals surface area (Å²) in [5, 5.41) is 9.16. The Balaban J connectivity index is 1.78. The molecule has 2 heterocycles. The van der Waals surface area contributed by atoms with Crippen molar-refractivity contribution in [2.24, 2.45) is 0 Å². The largest absolute Gasteiger partial charge is 0.376 e. The Morgan fingerprint density at radius 2 is 1.95 bits per heavy atom. The van der Waals surface area contributed by atoms with Crippen LogP contribution in [0.15, 0.2) is 24.3 Å². The first kappa shape index (κ1) is 13.3. The topological polar surface area (TPSA) is 39.9 Å². The van der Waals surface area contributed by atoms with Crippen LogP contribution in [0.4, 0.5) is 0 Å². The highest BCUT2D eigenvalue weighted by molar-refractivity contribution is 5.61. The lowest BCUT2D eigenvalue weighted by molar-refractivity contribution is 0.00158. The quantitative estimate of drug-likeness (QED) is 0.861. The summed E-state index contributed by atoms with van der Waals surface area (Å²) in [7, 11) is 0. The van der Waals surface area contributed by atoms with Crippen molar-refractivity contribution in [1.82, 2.24) is 15.0 Å². The van der Waals surface area contributed by atoms with Crippen molar-refractivity contribution < 1.29 is 4.74 Å². The molecule has 1 aliphatic rings. The highest BCUT2D eigenvalue weighted by Gasteiger charge is 2.17. The second-order valence-electron chi connectivity index (χ2n) is 5.54. The monoisotopic (exact) mass is 271 g/mol. The Morgan fingerprint density at radius 1 is 1.15 bits per heavy atom. The van der Waals surface area contributed by atoms with Crippen LogP contribution in [0.2, 0.25) is 0 Å². The van der Waals surface area contributed by atoms with Gasteiger partial charge in [-0.15, -0.1) is 0 Å². The minimum atomic E-state index is 0.265. The minimum Gasteiger partial charge on any atom is -0.376 e. The van der Waals surface area contributed by atoms with Gasteiger partial charge in [0.15, 0.2) is 0 Å². The number of hydrogen-bond donors (Lipinski definition) is 0. The van der Waals surface area contributed by atoms with Crippen molar-refractivity contribution in [1.29, 1.82) is 0 Å². The molecule has 3 rings (SSSR count). The summed E-state index contributed by atoms with van der Waals surface area (Å²) in [6.45, 7) is 5.73. The molecule has 20 heavy (non-hydrogen) atoms. The molecule has 1 aromatic carbocycles. The summed E-state index contributed by atoms with van der Waals surface area (Å²) >= 11 is 0. The summed E-state index contributed by atoms with van der Waals surface area (Å²) in [4.78, 5) is 1.79. The number of hydrogen-bond acceptors (Lipinski definition) is 3. The van der Waals surface area contributed by atoms with Gasteiger partial charge in [0.2, 0.25) is 0 Å². The molecule has 1 aromatic heterocycles. The van der Waals surface area contributed by atoms with Crippen LogP contribution in [0.1, 0.15) is 30.5 Å². The van der Waals surface area contributed by atoms with Crippen molar-refractivity contribution in [3.8, 4) is 11.3 Å². The fourth-order valence-electron chi connectivity index (χ4n) is 2.62. The number of ether oxygens (including phenoxy) is 1. The molecule has 0 amide bonds. The van der Waals surface area contributed by atoms with Crippen LogP contribution in [-0.4, -0.2) is 27.7 Å². The number of rotatable bonds is 3. The number of aromatic nitrogens is 3. The molecule has 2 aromatic rings. The van der Waals surface area contributed by atoms with Gasteiger partial charge in [0.1, 0.15) is 5.69 Å². The van der Waals surface area contributed by atoms with Crippen molar-refractivity contribution in [3.05, 3.63) is 35.5 Å². The summed E-state index contributed by atoms with van der Waals surface area (Å²) in [6, 6.07) is 8.43. The van der Waals surface area contributed by atoms with Crippen LogP contribution >= 0.6 is 0 Å². The lowest BCUT2D eigenvalue weighted by Gasteiger charge is -2.21. The molecule has 106 valence electrons. The van der Waals surface area contributed by atoms with Gasteiger partial charge in [0.05, 0.1) is 18.3 Å². The lowest BCUT2D eigenvalue weighted by Crippen LogP contribution is -2.25. The van der Waals surface area contributed by atoms with Crippen LogP contribution in [0, 0.1) is 13.8 Å². The predicted octanol–water partition coefficient (Wildman–Crippen LogP) is 3.13. The lowest BCUT2D eigenvalue weighted by atomic mass is 10.1. The van der Waals surface area contributed by atoms with Crippen molar-refractivity contribution in [2.45, 2.75) is 45.8 Å². The first-order chi connectivity index (χ1) is 9.72. The van der Waals surface area contributed by atoms with Gasteiger partial charge >= 0.3 is 0 Å². The smallest absolute Gasteiger partial charge is 0.115 e. The molecule has 0 saturated carbocycles. The zero-order valence-electron chi connectivity index (χ0n) is 12.2. The molecule has 1 saturated heterocycles. The molecule has 4 heteroatoms. The zero-order chi connectivity index (χ0) is 13.9. The fraction of sp³-hybridized carbons (Fsp3) is 0.500. The molecule has 0 radical (unpaired) electrons. The van der Waals surface area contributed by atoms with E-state index in [1.807, 2.05) is 6.92 Å². The van der Waals surface area contributed by atoms with E-state index in [1.54, 1.807) is 4.80 Å². The average molecular weight is 271 g/mol. The van der Waals surface area contributed by atoms with Gasteiger partial charge < -0.3 is 4.74 Å². The molecule has 4 nitrogen and oxygen atoms in total. The Bertz CT molecular complexity index is 568. The first-order valence-electron chi connectivity index (χ1n) is 7.33. The number of aryl methyl sites for hydroxylation is 2. The van der Waals surface area contributed by atoms with Gasteiger partial charge in [-0.2, -0.15) is 15.0 Å². The van der Waals surface area contributed by atoms with E-state index in [4.69, 9.17) is 4.74 Å². The third-order valence-electron chi connectivity index (χ3n) is 3.79. The molecule has 1 fully saturated rings. The maximum absolute atomic E-state index is 5.75. The molecular formula is C16H21N3O. The van der Waals surface area contributed by atoms with E-state index >= 15 is 0 Å². The summed E-state index contributed by atoms with van der Waals surface area (Å²) < 4.78 is 5.75. The van der Waals surface area contributed by atoms with Crippen LogP contribution in [0.5, 0.6) is 0 Å². The normalized spacial score (nSPS) is 19.2. The Morgan fingerprint density at radius 3 is 2.65 bits per heavy atom. The SMILES string of the molecule is Cc1ccc(-c2nn(CC3CCCCO3)nc2C)cc1. The third kappa shape index (κ3) is 2.90. The van der Waals surface area contributed by atoms with Gasteiger partial charge in [0.25, 0.3) is 0 Å². The highest BCUT2D eigenvalue weighted by atomic mass is 16.5. The molecule has 0 aliphatic carbocycles. The molecular weight excluding hydrogens is 250 g/mol. The van der Waals surface area contributed by atoms with Gasteiger partial charge in [-0.05, 0) is 33.1 Å². The third-order valence-corrected chi connectivity index (χ3v) is 3.79. The molecule has 1 aliphatic heterocycles. The van der Waals surface area contributed by atoms with E-state index < -0.39 is 0 Å². The van der Waals surface area contributed by atoms with Gasteiger partial charge in [-0.25, -0.2) is 0 Å². The zero-order valence-corrected chi connectivity index (χ0v) is 12.2. The standard InChI is InChI=1S/C16H21N3O/c1-12-6-8-14(9-7-12)16-13(2)17-19(18-16)11-15-5-3-4-10-20-15/h6-9,15H,3-5,10-11H2,1-2H3. The van der Waals surface area contributed by atoms with Crippen LogP contribution in [0.3, 0.4) is 0 Å². The summed E-state index contributed by atoms with van der Waals surface area (Å²) in [6.07, 6.45) is 3.80. The minimum absolute atomic E-state index is 0.265.